The lowest BCUT2D eigenvalue weighted by atomic mass is 9.95. The summed E-state index contributed by atoms with van der Waals surface area (Å²) in [5, 5.41) is 3.38. The van der Waals surface area contributed by atoms with E-state index in [1.165, 1.54) is 5.57 Å². The molecule has 232 valence electrons. The van der Waals surface area contributed by atoms with Gasteiger partial charge in [0, 0.05) is 37.9 Å². The predicted molar refractivity (Wildman–Crippen MR) is 162 cm³/mol. The number of hydroxylamine groups is 2. The van der Waals surface area contributed by atoms with E-state index in [9.17, 15) is 24.0 Å². The fourth-order valence-corrected chi connectivity index (χ4v) is 4.69. The van der Waals surface area contributed by atoms with Gasteiger partial charge in [-0.15, -0.1) is 5.06 Å². The van der Waals surface area contributed by atoms with Crippen molar-refractivity contribution in [3.05, 3.63) is 65.8 Å². The number of rotatable bonds is 13. The number of fused-ring (bicyclic) bond motifs is 1. The van der Waals surface area contributed by atoms with E-state index in [2.05, 4.69) is 18.8 Å². The number of imide groups is 1. The molecule has 10 nitrogen and oxygen atoms in total. The molecule has 0 saturated carbocycles. The summed E-state index contributed by atoms with van der Waals surface area (Å²) < 4.78 is 5.69. The number of nitrogens with one attached hydrogen (secondary N) is 1. The maximum absolute atomic E-state index is 13.4. The molecule has 4 amide bonds. The summed E-state index contributed by atoms with van der Waals surface area (Å²) in [5.74, 6) is -2.23. The number of ether oxygens (including phenoxy) is 1. The summed E-state index contributed by atoms with van der Waals surface area (Å²) in [5.41, 5.74) is 3.18. The lowest BCUT2D eigenvalue weighted by molar-refractivity contribution is -0.206. The van der Waals surface area contributed by atoms with E-state index in [1.807, 2.05) is 43.3 Å². The van der Waals surface area contributed by atoms with Crippen molar-refractivity contribution in [1.29, 1.82) is 0 Å². The summed E-state index contributed by atoms with van der Waals surface area (Å²) in [6.07, 6.45) is 7.49. The van der Waals surface area contributed by atoms with E-state index >= 15 is 0 Å². The predicted octanol–water partition coefficient (Wildman–Crippen LogP) is 4.21. The van der Waals surface area contributed by atoms with Crippen LogP contribution < -0.4 is 10.2 Å². The molecule has 1 fully saturated rings. The molecule has 0 radical (unpaired) electrons. The van der Waals surface area contributed by atoms with Crippen LogP contribution in [-0.4, -0.2) is 61.0 Å². The average molecular weight is 594 g/mol. The van der Waals surface area contributed by atoms with Gasteiger partial charge in [0.25, 0.3) is 11.8 Å². The number of carbonyl (C=O) groups is 5. The zero-order valence-corrected chi connectivity index (χ0v) is 25.6. The number of benzene rings is 1. The second-order valence-corrected chi connectivity index (χ2v) is 11.8. The minimum atomic E-state index is -1.09. The highest BCUT2D eigenvalue weighted by molar-refractivity contribution is 6.01. The first-order valence-corrected chi connectivity index (χ1v) is 14.7. The third-order valence-corrected chi connectivity index (χ3v) is 7.47. The smallest absolute Gasteiger partial charge is 0.341 e. The van der Waals surface area contributed by atoms with Crippen molar-refractivity contribution >= 4 is 35.3 Å². The number of anilines is 1. The fourth-order valence-electron chi connectivity index (χ4n) is 4.69. The van der Waals surface area contributed by atoms with Gasteiger partial charge in [0.05, 0.1) is 25.2 Å². The van der Waals surface area contributed by atoms with E-state index in [0.29, 0.717) is 18.2 Å². The highest BCUT2D eigenvalue weighted by Gasteiger charge is 2.38. The lowest BCUT2D eigenvalue weighted by Gasteiger charge is -2.29. The molecule has 1 saturated heterocycles. The van der Waals surface area contributed by atoms with Gasteiger partial charge in [-0.25, -0.2) is 4.79 Å². The van der Waals surface area contributed by atoms with Crippen LogP contribution in [0.4, 0.5) is 5.69 Å². The van der Waals surface area contributed by atoms with Gasteiger partial charge in [0.1, 0.15) is 0 Å². The van der Waals surface area contributed by atoms with Crippen LogP contribution in [0.5, 0.6) is 0 Å². The molecule has 2 heterocycles. The number of amides is 4. The molecular formula is C33H43N3O7. The van der Waals surface area contributed by atoms with Gasteiger partial charge in [-0.2, -0.15) is 0 Å². The van der Waals surface area contributed by atoms with E-state index in [0.717, 1.165) is 29.7 Å². The standard InChI is InChI=1S/C33H43N3O7/c1-6-7-10-26-20-35(27-12-9-8-11-25(27)14-13-24(26)3)29(38)16-15-28(37)34-19-23(2)21-42-22-33(4,5)32(41)43-36-30(39)17-18-31(36)40/h6-12,23H,1,13-22H2,2-5H3,(H,34,37)/b10-7-,26-24-. The molecule has 1 aromatic rings. The molecule has 1 atom stereocenters. The van der Waals surface area contributed by atoms with Crippen molar-refractivity contribution in [3.63, 3.8) is 0 Å². The summed E-state index contributed by atoms with van der Waals surface area (Å²) in [4.78, 5) is 68.7. The Balaban J connectivity index is 1.46. The molecule has 2 aliphatic rings. The molecule has 0 aromatic heterocycles. The van der Waals surface area contributed by atoms with Gasteiger partial charge in [-0.05, 0) is 56.7 Å². The Kier molecular flexibility index (Phi) is 12.0. The first-order valence-electron chi connectivity index (χ1n) is 14.7. The lowest BCUT2D eigenvalue weighted by Crippen LogP contribution is -2.40. The summed E-state index contributed by atoms with van der Waals surface area (Å²) in [6, 6.07) is 7.90. The maximum Gasteiger partial charge on any atom is 0.341 e. The van der Waals surface area contributed by atoms with E-state index in [1.54, 1.807) is 24.8 Å². The molecule has 0 spiro atoms. The molecule has 0 aliphatic carbocycles. The van der Waals surface area contributed by atoms with Crippen LogP contribution in [0.1, 0.15) is 65.4 Å². The molecule has 0 bridgehead atoms. The number of para-hydroxylation sites is 1. The minimum absolute atomic E-state index is 0.00402. The summed E-state index contributed by atoms with van der Waals surface area (Å²) in [7, 11) is 0. The maximum atomic E-state index is 13.4. The van der Waals surface area contributed by atoms with E-state index in [4.69, 9.17) is 9.57 Å². The first kappa shape index (κ1) is 33.5. The Labute approximate surface area is 253 Å². The molecule has 43 heavy (non-hydrogen) atoms. The van der Waals surface area contributed by atoms with Crippen molar-refractivity contribution in [2.24, 2.45) is 11.3 Å². The fraction of sp³-hybridized carbons (Fsp3) is 0.485. The van der Waals surface area contributed by atoms with Crippen LogP contribution in [0.25, 0.3) is 0 Å². The number of hydrogen-bond acceptors (Lipinski definition) is 7. The number of carbonyl (C=O) groups excluding carboxylic acids is 5. The van der Waals surface area contributed by atoms with Crippen LogP contribution in [-0.2, 0) is 40.0 Å². The molecule has 1 aromatic carbocycles. The monoisotopic (exact) mass is 593 g/mol. The van der Waals surface area contributed by atoms with Gasteiger partial charge in [-0.1, -0.05) is 55.5 Å². The Morgan fingerprint density at radius 3 is 2.47 bits per heavy atom. The zero-order chi connectivity index (χ0) is 31.6. The molecule has 10 heteroatoms. The quantitative estimate of drug-likeness (QED) is 0.269. The SMILES string of the molecule is C=C/C=C\C1=C(/C)CCc2ccccc2N(C(=O)CCC(=O)NCC(C)COCC(C)(C)C(=O)ON2C(=O)CCC2=O)C1. The molecule has 3 rings (SSSR count). The number of allylic oxidation sites excluding steroid dienone is 3. The third-order valence-electron chi connectivity index (χ3n) is 7.47. The van der Waals surface area contributed by atoms with Gasteiger partial charge in [-0.3, -0.25) is 19.2 Å². The van der Waals surface area contributed by atoms with E-state index in [-0.39, 0.29) is 56.6 Å². The second-order valence-electron chi connectivity index (χ2n) is 11.8. The van der Waals surface area contributed by atoms with Gasteiger partial charge in [0.15, 0.2) is 0 Å². The first-order chi connectivity index (χ1) is 20.4. The zero-order valence-electron chi connectivity index (χ0n) is 25.6. The van der Waals surface area contributed by atoms with Crippen LogP contribution >= 0.6 is 0 Å². The van der Waals surface area contributed by atoms with Crippen molar-refractivity contribution in [2.75, 3.05) is 31.2 Å². The highest BCUT2D eigenvalue weighted by Crippen LogP contribution is 2.29. The normalized spacial score (nSPS) is 18.2. The molecule has 2 aliphatic heterocycles. The Morgan fingerprint density at radius 2 is 1.77 bits per heavy atom. The Hall–Kier alpha value is -4.05. The summed E-state index contributed by atoms with van der Waals surface area (Å²) in [6.45, 7) is 12.0. The topological polar surface area (TPSA) is 122 Å². The van der Waals surface area contributed by atoms with Crippen LogP contribution in [0.2, 0.25) is 0 Å². The Morgan fingerprint density at radius 1 is 1.07 bits per heavy atom. The molecular weight excluding hydrogens is 550 g/mol. The van der Waals surface area contributed by atoms with Crippen molar-refractivity contribution < 1.29 is 33.5 Å². The van der Waals surface area contributed by atoms with Gasteiger partial charge >= 0.3 is 5.97 Å². The average Bonchev–Trinajstić information content (AvgIpc) is 3.29. The number of nitrogens with zero attached hydrogens (tertiary/aromatic N) is 2. The number of hydrogen-bond donors (Lipinski definition) is 1. The van der Waals surface area contributed by atoms with Crippen LogP contribution in [0.15, 0.2) is 60.2 Å². The second kappa shape index (κ2) is 15.4. The van der Waals surface area contributed by atoms with Crippen LogP contribution in [0.3, 0.4) is 0 Å². The van der Waals surface area contributed by atoms with Crippen molar-refractivity contribution in [3.8, 4) is 0 Å². The van der Waals surface area contributed by atoms with Crippen molar-refractivity contribution in [2.45, 2.75) is 66.2 Å². The highest BCUT2D eigenvalue weighted by atomic mass is 16.7. The molecule has 1 unspecified atom stereocenters. The van der Waals surface area contributed by atoms with Gasteiger partial charge in [0.2, 0.25) is 11.8 Å². The third kappa shape index (κ3) is 9.47. The largest absolute Gasteiger partial charge is 0.380 e. The summed E-state index contributed by atoms with van der Waals surface area (Å²) >= 11 is 0. The van der Waals surface area contributed by atoms with Crippen molar-refractivity contribution in [1.82, 2.24) is 10.4 Å². The Bertz CT molecular complexity index is 1280. The minimum Gasteiger partial charge on any atom is -0.380 e. The molecule has 1 N–H and O–H groups in total. The van der Waals surface area contributed by atoms with Crippen LogP contribution in [0, 0.1) is 11.3 Å². The van der Waals surface area contributed by atoms with E-state index < -0.39 is 23.2 Å². The van der Waals surface area contributed by atoms with Gasteiger partial charge < -0.3 is 19.8 Å². The number of aryl methyl sites for hydroxylation is 1.